The van der Waals surface area contributed by atoms with Crippen molar-refractivity contribution >= 4 is 40.3 Å². The largest absolute Gasteiger partial charge is 0.493 e. The zero-order chi connectivity index (χ0) is 25.8. The summed E-state index contributed by atoms with van der Waals surface area (Å²) in [5.74, 6) is 1.12. The summed E-state index contributed by atoms with van der Waals surface area (Å²) in [6.45, 7) is 3.88. The number of halogens is 2. The van der Waals surface area contributed by atoms with Crippen LogP contribution in [0, 0.1) is 11.8 Å². The highest BCUT2D eigenvalue weighted by Gasteiger charge is 2.39. The van der Waals surface area contributed by atoms with Crippen LogP contribution in [-0.2, 0) is 9.59 Å². The van der Waals surface area contributed by atoms with Gasteiger partial charge in [0.25, 0.3) is 5.91 Å². The van der Waals surface area contributed by atoms with Crippen molar-refractivity contribution in [2.45, 2.75) is 63.1 Å². The van der Waals surface area contributed by atoms with Gasteiger partial charge in [0.15, 0.2) is 0 Å². The first kappa shape index (κ1) is 26.7. The minimum absolute atomic E-state index is 0.0378. The average Bonchev–Trinajstić information content (AvgIpc) is 3.41. The Hall–Kier alpha value is -1.94. The molecular weight excluding hydrogens is 584 g/mol. The van der Waals surface area contributed by atoms with Gasteiger partial charge in [-0.2, -0.15) is 0 Å². The van der Waals surface area contributed by atoms with E-state index in [0.29, 0.717) is 32.0 Å². The molecule has 1 N–H and O–H groups in total. The molecule has 1 saturated carbocycles. The van der Waals surface area contributed by atoms with Crippen molar-refractivity contribution in [3.8, 4) is 5.75 Å². The third-order valence-corrected chi connectivity index (χ3v) is 9.02. The van der Waals surface area contributed by atoms with E-state index in [1.807, 2.05) is 47.1 Å². The van der Waals surface area contributed by atoms with Crippen molar-refractivity contribution in [1.29, 1.82) is 0 Å². The highest BCUT2D eigenvalue weighted by Crippen LogP contribution is 2.37. The van der Waals surface area contributed by atoms with Gasteiger partial charge in [-0.3, -0.25) is 13.1 Å². The lowest BCUT2D eigenvalue weighted by Gasteiger charge is -2.41. The molecule has 3 fully saturated rings. The highest BCUT2D eigenvalue weighted by molar-refractivity contribution is 14.1. The number of rotatable bonds is 8. The van der Waals surface area contributed by atoms with Gasteiger partial charge in [-0.1, -0.05) is 30.4 Å². The molecule has 0 aromatic heterocycles. The van der Waals surface area contributed by atoms with Crippen LogP contribution < -0.4 is 8.27 Å². The Morgan fingerprint density at radius 2 is 1.84 bits per heavy atom. The highest BCUT2D eigenvalue weighted by atomic mass is 127. The SMILES string of the molecule is O=C(NI)[C@@H]1CCCN1C(=O)C1C=CC(c2ccc(OCC3CCN(CC4(F)CCC4)CC3)cc2)=CC1. The molecule has 6 nitrogen and oxygen atoms in total. The fraction of sp³-hybridized carbons (Fsp3) is 0.586. The van der Waals surface area contributed by atoms with E-state index in [1.165, 1.54) is 0 Å². The number of nitrogens with zero attached hydrogens (tertiary/aromatic N) is 2. The van der Waals surface area contributed by atoms with Gasteiger partial charge in [0.2, 0.25) is 5.91 Å². The second-order valence-electron chi connectivity index (χ2n) is 11.1. The maximum Gasteiger partial charge on any atom is 0.251 e. The average molecular weight is 622 g/mol. The number of carbonyl (C=O) groups excluding carboxylic acids is 2. The number of amides is 2. The van der Waals surface area contributed by atoms with Gasteiger partial charge in [0, 0.05) is 13.1 Å². The van der Waals surface area contributed by atoms with Crippen molar-refractivity contribution in [2.75, 3.05) is 32.8 Å². The summed E-state index contributed by atoms with van der Waals surface area (Å²) < 4.78 is 23.1. The molecule has 200 valence electrons. The minimum atomic E-state index is -0.923. The second-order valence-corrected chi connectivity index (χ2v) is 11.6. The van der Waals surface area contributed by atoms with E-state index in [9.17, 15) is 14.0 Å². The summed E-state index contributed by atoms with van der Waals surface area (Å²) in [5, 5.41) is 0. The maximum absolute atomic E-state index is 14.4. The number of allylic oxidation sites excluding steroid dienone is 3. The first-order valence-electron chi connectivity index (χ1n) is 13.7. The zero-order valence-corrected chi connectivity index (χ0v) is 23.5. The summed E-state index contributed by atoms with van der Waals surface area (Å²) in [7, 11) is 0. The molecule has 2 aliphatic heterocycles. The van der Waals surface area contributed by atoms with E-state index >= 15 is 0 Å². The van der Waals surface area contributed by atoms with E-state index in [0.717, 1.165) is 74.9 Å². The smallest absolute Gasteiger partial charge is 0.251 e. The third-order valence-electron chi connectivity index (χ3n) is 8.49. The number of likely N-dealkylation sites (tertiary alicyclic amines) is 2. The van der Waals surface area contributed by atoms with E-state index in [1.54, 1.807) is 4.90 Å². The third kappa shape index (κ3) is 6.38. The summed E-state index contributed by atoms with van der Waals surface area (Å²) in [6, 6.07) is 7.81. The van der Waals surface area contributed by atoms with Crippen LogP contribution in [0.25, 0.3) is 5.57 Å². The number of hydrogen-bond donors (Lipinski definition) is 1. The molecule has 2 heterocycles. The van der Waals surface area contributed by atoms with Gasteiger partial charge < -0.3 is 14.5 Å². The van der Waals surface area contributed by atoms with Crippen molar-refractivity contribution in [3.63, 3.8) is 0 Å². The Bertz CT molecular complexity index is 1030. The maximum atomic E-state index is 14.4. The number of nitrogens with one attached hydrogen (secondary N) is 1. The monoisotopic (exact) mass is 621 g/mol. The van der Waals surface area contributed by atoms with Gasteiger partial charge >= 0.3 is 0 Å². The number of ether oxygens (including phenoxy) is 1. The summed E-state index contributed by atoms with van der Waals surface area (Å²) in [5.41, 5.74) is 1.28. The Balaban J connectivity index is 1.07. The van der Waals surface area contributed by atoms with Crippen LogP contribution in [0.3, 0.4) is 0 Å². The second kappa shape index (κ2) is 11.8. The van der Waals surface area contributed by atoms with E-state index < -0.39 is 5.67 Å². The van der Waals surface area contributed by atoms with Gasteiger partial charge in [-0.25, -0.2) is 4.39 Å². The lowest BCUT2D eigenvalue weighted by molar-refractivity contribution is -0.139. The van der Waals surface area contributed by atoms with Crippen molar-refractivity contribution in [3.05, 3.63) is 48.1 Å². The minimum Gasteiger partial charge on any atom is -0.493 e. The van der Waals surface area contributed by atoms with Crippen LogP contribution in [0.5, 0.6) is 5.75 Å². The van der Waals surface area contributed by atoms with Crippen LogP contribution in [0.4, 0.5) is 4.39 Å². The number of carbonyl (C=O) groups is 2. The van der Waals surface area contributed by atoms with Crippen LogP contribution in [0.1, 0.15) is 56.9 Å². The molecule has 4 aliphatic rings. The molecule has 2 atom stereocenters. The van der Waals surface area contributed by atoms with Gasteiger partial charge in [-0.15, -0.1) is 0 Å². The Morgan fingerprint density at radius 3 is 2.46 bits per heavy atom. The van der Waals surface area contributed by atoms with Crippen molar-refractivity contribution in [2.24, 2.45) is 11.8 Å². The molecule has 1 aromatic rings. The van der Waals surface area contributed by atoms with Crippen molar-refractivity contribution in [1.82, 2.24) is 13.3 Å². The summed E-state index contributed by atoms with van der Waals surface area (Å²) in [4.78, 5) is 29.2. The van der Waals surface area contributed by atoms with Gasteiger partial charge in [-0.05, 0) is 93.6 Å². The van der Waals surface area contributed by atoms with Crippen molar-refractivity contribution < 1.29 is 18.7 Å². The summed E-state index contributed by atoms with van der Waals surface area (Å²) >= 11 is 1.84. The molecule has 8 heteroatoms. The standard InChI is InChI=1S/C29H37FIN3O3/c30-29(14-2-15-29)20-33-17-12-21(13-18-33)19-37-25-10-8-23(9-11-25)22-4-6-24(7-5-22)28(36)34-16-1-3-26(34)27(35)32-31/h4-6,8-11,21,24,26H,1-3,7,12-20H2,(H,32,35)/t24?,26-/m0/s1. The fourth-order valence-electron chi connectivity index (χ4n) is 5.98. The normalized spacial score (nSPS) is 25.9. The topological polar surface area (TPSA) is 61.9 Å². The molecule has 2 aliphatic carbocycles. The zero-order valence-electron chi connectivity index (χ0n) is 21.3. The first-order valence-corrected chi connectivity index (χ1v) is 14.8. The van der Waals surface area contributed by atoms with Gasteiger partial charge in [0.1, 0.15) is 17.5 Å². The lowest BCUT2D eigenvalue weighted by Crippen LogP contribution is -2.47. The Labute approximate surface area is 233 Å². The van der Waals surface area contributed by atoms with E-state index in [-0.39, 0.29) is 23.8 Å². The van der Waals surface area contributed by atoms with Crippen LogP contribution in [0.15, 0.2) is 42.5 Å². The number of benzene rings is 1. The number of alkyl halides is 1. The molecule has 0 bridgehead atoms. The van der Waals surface area contributed by atoms with Crippen LogP contribution >= 0.6 is 22.9 Å². The Morgan fingerprint density at radius 1 is 1.08 bits per heavy atom. The predicted octanol–water partition coefficient (Wildman–Crippen LogP) is 5.09. The summed E-state index contributed by atoms with van der Waals surface area (Å²) in [6.07, 6.45) is 13.0. The van der Waals surface area contributed by atoms with Crippen LogP contribution in [0.2, 0.25) is 0 Å². The van der Waals surface area contributed by atoms with E-state index in [2.05, 4.69) is 26.6 Å². The molecule has 1 aromatic carbocycles. The molecule has 37 heavy (non-hydrogen) atoms. The van der Waals surface area contributed by atoms with Crippen LogP contribution in [-0.4, -0.2) is 66.1 Å². The number of hydrogen-bond acceptors (Lipinski definition) is 4. The fourth-order valence-corrected chi connectivity index (χ4v) is 6.34. The Kier molecular flexibility index (Phi) is 8.53. The first-order chi connectivity index (χ1) is 17.9. The lowest BCUT2D eigenvalue weighted by atomic mass is 9.81. The molecule has 2 saturated heterocycles. The molecule has 5 rings (SSSR count). The van der Waals surface area contributed by atoms with Gasteiger partial charge in [0.05, 0.1) is 35.4 Å². The quantitative estimate of drug-likeness (QED) is 0.325. The molecule has 0 radical (unpaired) electrons. The number of piperidine rings is 1. The predicted molar refractivity (Wildman–Crippen MR) is 151 cm³/mol. The molecular formula is C29H37FIN3O3. The van der Waals surface area contributed by atoms with E-state index in [4.69, 9.17) is 4.74 Å². The molecule has 1 unspecified atom stereocenters. The molecule has 2 amide bonds. The molecule has 0 spiro atoms.